The highest BCUT2D eigenvalue weighted by atomic mass is 16.5. The molecule has 0 aromatic carbocycles. The first-order chi connectivity index (χ1) is 7.38. The molecule has 1 aliphatic carbocycles. The van der Waals surface area contributed by atoms with Crippen LogP contribution in [-0.4, -0.2) is 26.8 Å². The van der Waals surface area contributed by atoms with Gasteiger partial charge in [0.25, 0.3) is 0 Å². The van der Waals surface area contributed by atoms with Crippen LogP contribution in [0, 0.1) is 5.92 Å². The predicted octanol–water partition coefficient (Wildman–Crippen LogP) is 2.97. The molecule has 15 heavy (non-hydrogen) atoms. The molecule has 1 saturated carbocycles. The summed E-state index contributed by atoms with van der Waals surface area (Å²) in [6, 6.07) is 0.721. The molecule has 0 aromatic rings. The van der Waals surface area contributed by atoms with Gasteiger partial charge in [0, 0.05) is 19.8 Å². The zero-order chi connectivity index (χ0) is 10.9. The van der Waals surface area contributed by atoms with Crippen molar-refractivity contribution in [3.05, 3.63) is 0 Å². The van der Waals surface area contributed by atoms with Gasteiger partial charge in [0.2, 0.25) is 0 Å². The van der Waals surface area contributed by atoms with Crippen molar-refractivity contribution in [3.63, 3.8) is 0 Å². The summed E-state index contributed by atoms with van der Waals surface area (Å²) >= 11 is 0. The maximum Gasteiger partial charge on any atom is 0.0462 e. The van der Waals surface area contributed by atoms with Crippen LogP contribution in [0.3, 0.4) is 0 Å². The normalized spacial score (nSPS) is 21.2. The molecule has 2 nitrogen and oxygen atoms in total. The highest BCUT2D eigenvalue weighted by molar-refractivity contribution is 4.77. The van der Waals surface area contributed by atoms with Gasteiger partial charge in [-0.15, -0.1) is 0 Å². The molecule has 2 heteroatoms. The molecule has 0 heterocycles. The van der Waals surface area contributed by atoms with Gasteiger partial charge >= 0.3 is 0 Å². The van der Waals surface area contributed by atoms with Gasteiger partial charge in [-0.2, -0.15) is 0 Å². The maximum absolute atomic E-state index is 5.12. The molecule has 0 aliphatic heterocycles. The highest BCUT2D eigenvalue weighted by Crippen LogP contribution is 2.27. The largest absolute Gasteiger partial charge is 0.385 e. The van der Waals surface area contributed by atoms with E-state index in [0.717, 1.165) is 18.6 Å². The van der Waals surface area contributed by atoms with Gasteiger partial charge in [0.1, 0.15) is 0 Å². The number of rotatable bonds is 6. The van der Waals surface area contributed by atoms with Crippen LogP contribution in [0.2, 0.25) is 0 Å². The smallest absolute Gasteiger partial charge is 0.0462 e. The Balaban J connectivity index is 2.27. The Morgan fingerprint density at radius 1 is 1.20 bits per heavy atom. The SMILES string of the molecule is CNC(CCCOC)C1CCCCCC1. The summed E-state index contributed by atoms with van der Waals surface area (Å²) in [5.74, 6) is 0.911. The second-order valence-electron chi connectivity index (χ2n) is 4.78. The lowest BCUT2D eigenvalue weighted by Crippen LogP contribution is -2.33. The lowest BCUT2D eigenvalue weighted by molar-refractivity contribution is 0.182. The Morgan fingerprint density at radius 3 is 2.40 bits per heavy atom. The molecule has 0 bridgehead atoms. The minimum Gasteiger partial charge on any atom is -0.385 e. The molecule has 1 aliphatic rings. The highest BCUT2D eigenvalue weighted by Gasteiger charge is 2.20. The number of methoxy groups -OCH3 is 1. The number of hydrogen-bond donors (Lipinski definition) is 1. The first-order valence-electron chi connectivity index (χ1n) is 6.54. The third kappa shape index (κ3) is 4.98. The van der Waals surface area contributed by atoms with Crippen molar-refractivity contribution in [1.82, 2.24) is 5.32 Å². The van der Waals surface area contributed by atoms with E-state index in [0.29, 0.717) is 0 Å². The Labute approximate surface area is 94.8 Å². The van der Waals surface area contributed by atoms with Crippen LogP contribution in [0.25, 0.3) is 0 Å². The monoisotopic (exact) mass is 213 g/mol. The number of nitrogens with one attached hydrogen (secondary N) is 1. The zero-order valence-electron chi connectivity index (χ0n) is 10.4. The van der Waals surface area contributed by atoms with Gasteiger partial charge in [-0.05, 0) is 38.6 Å². The van der Waals surface area contributed by atoms with E-state index < -0.39 is 0 Å². The number of hydrogen-bond acceptors (Lipinski definition) is 2. The van der Waals surface area contributed by atoms with E-state index in [2.05, 4.69) is 12.4 Å². The van der Waals surface area contributed by atoms with Crippen LogP contribution in [0.15, 0.2) is 0 Å². The maximum atomic E-state index is 5.12. The molecule has 1 N–H and O–H groups in total. The standard InChI is InChI=1S/C13H27NO/c1-14-13(10-7-11-15-2)12-8-5-3-4-6-9-12/h12-14H,3-11H2,1-2H3. The average Bonchev–Trinajstić information content (AvgIpc) is 2.53. The average molecular weight is 213 g/mol. The van der Waals surface area contributed by atoms with Crippen molar-refractivity contribution >= 4 is 0 Å². The van der Waals surface area contributed by atoms with Crippen molar-refractivity contribution < 1.29 is 4.74 Å². The fourth-order valence-electron chi connectivity index (χ4n) is 2.78. The quantitative estimate of drug-likeness (QED) is 0.541. The Hall–Kier alpha value is -0.0800. The van der Waals surface area contributed by atoms with Crippen LogP contribution < -0.4 is 5.32 Å². The zero-order valence-corrected chi connectivity index (χ0v) is 10.4. The summed E-state index contributed by atoms with van der Waals surface area (Å²) in [6.07, 6.45) is 11.1. The molecule has 1 fully saturated rings. The predicted molar refractivity (Wildman–Crippen MR) is 65.1 cm³/mol. The first-order valence-corrected chi connectivity index (χ1v) is 6.54. The van der Waals surface area contributed by atoms with Crippen LogP contribution >= 0.6 is 0 Å². The Kier molecular flexibility index (Phi) is 7.03. The van der Waals surface area contributed by atoms with Crippen molar-refractivity contribution in [2.24, 2.45) is 5.92 Å². The van der Waals surface area contributed by atoms with Crippen LogP contribution in [0.5, 0.6) is 0 Å². The summed E-state index contributed by atoms with van der Waals surface area (Å²) in [6.45, 7) is 0.908. The second kappa shape index (κ2) is 8.12. The third-order valence-corrected chi connectivity index (χ3v) is 3.70. The minimum atomic E-state index is 0.721. The van der Waals surface area contributed by atoms with E-state index in [1.165, 1.54) is 51.4 Å². The second-order valence-corrected chi connectivity index (χ2v) is 4.78. The third-order valence-electron chi connectivity index (χ3n) is 3.70. The van der Waals surface area contributed by atoms with E-state index >= 15 is 0 Å². The molecule has 0 aromatic heterocycles. The molecule has 0 radical (unpaired) electrons. The van der Waals surface area contributed by atoms with Gasteiger partial charge in [-0.1, -0.05) is 25.7 Å². The Morgan fingerprint density at radius 2 is 1.87 bits per heavy atom. The van der Waals surface area contributed by atoms with E-state index in [1.807, 2.05) is 0 Å². The summed E-state index contributed by atoms with van der Waals surface area (Å²) in [4.78, 5) is 0. The van der Waals surface area contributed by atoms with Crippen molar-refractivity contribution in [3.8, 4) is 0 Å². The van der Waals surface area contributed by atoms with E-state index in [9.17, 15) is 0 Å². The molecule has 0 saturated heterocycles. The molecule has 90 valence electrons. The van der Waals surface area contributed by atoms with Gasteiger partial charge in [-0.25, -0.2) is 0 Å². The lowest BCUT2D eigenvalue weighted by atomic mass is 9.89. The van der Waals surface area contributed by atoms with Crippen molar-refractivity contribution in [2.75, 3.05) is 20.8 Å². The molecule has 0 spiro atoms. The van der Waals surface area contributed by atoms with E-state index in [-0.39, 0.29) is 0 Å². The van der Waals surface area contributed by atoms with Crippen molar-refractivity contribution in [1.29, 1.82) is 0 Å². The molecular weight excluding hydrogens is 186 g/mol. The lowest BCUT2D eigenvalue weighted by Gasteiger charge is -2.25. The molecule has 1 unspecified atom stereocenters. The van der Waals surface area contributed by atoms with Crippen LogP contribution in [0.4, 0.5) is 0 Å². The number of ether oxygens (including phenoxy) is 1. The van der Waals surface area contributed by atoms with E-state index in [4.69, 9.17) is 4.74 Å². The van der Waals surface area contributed by atoms with Crippen molar-refractivity contribution in [2.45, 2.75) is 57.4 Å². The fourth-order valence-corrected chi connectivity index (χ4v) is 2.78. The molecule has 1 rings (SSSR count). The van der Waals surface area contributed by atoms with Gasteiger partial charge in [-0.3, -0.25) is 0 Å². The van der Waals surface area contributed by atoms with Gasteiger partial charge in [0.05, 0.1) is 0 Å². The summed E-state index contributed by atoms with van der Waals surface area (Å²) in [5.41, 5.74) is 0. The fraction of sp³-hybridized carbons (Fsp3) is 1.00. The minimum absolute atomic E-state index is 0.721. The summed E-state index contributed by atoms with van der Waals surface area (Å²) in [5, 5.41) is 3.50. The Bertz CT molecular complexity index is 141. The molecule has 1 atom stereocenters. The van der Waals surface area contributed by atoms with Crippen LogP contribution in [-0.2, 0) is 4.74 Å². The summed E-state index contributed by atoms with van der Waals surface area (Å²) in [7, 11) is 3.91. The van der Waals surface area contributed by atoms with Gasteiger partial charge < -0.3 is 10.1 Å². The summed E-state index contributed by atoms with van der Waals surface area (Å²) < 4.78 is 5.12. The van der Waals surface area contributed by atoms with E-state index in [1.54, 1.807) is 7.11 Å². The topological polar surface area (TPSA) is 21.3 Å². The van der Waals surface area contributed by atoms with Crippen LogP contribution in [0.1, 0.15) is 51.4 Å². The van der Waals surface area contributed by atoms with Gasteiger partial charge in [0.15, 0.2) is 0 Å². The first kappa shape index (κ1) is 13.0. The molecule has 0 amide bonds. The molecular formula is C13H27NO.